The quantitative estimate of drug-likeness (QED) is 0.721. The van der Waals surface area contributed by atoms with Crippen LogP contribution in [0.25, 0.3) is 17.2 Å². The highest BCUT2D eigenvalue weighted by Gasteiger charge is 2.18. The lowest BCUT2D eigenvalue weighted by Gasteiger charge is -2.26. The van der Waals surface area contributed by atoms with Gasteiger partial charge in [0, 0.05) is 18.7 Å². The van der Waals surface area contributed by atoms with Crippen LogP contribution in [0.2, 0.25) is 0 Å². The molecule has 0 bridgehead atoms. The van der Waals surface area contributed by atoms with Gasteiger partial charge in [-0.2, -0.15) is 19.6 Å². The van der Waals surface area contributed by atoms with Crippen LogP contribution in [-0.2, 0) is 0 Å². The van der Waals surface area contributed by atoms with Crippen molar-refractivity contribution in [1.29, 1.82) is 0 Å². The summed E-state index contributed by atoms with van der Waals surface area (Å²) in [5, 5.41) is 8.38. The molecule has 8 nitrogen and oxygen atoms in total. The van der Waals surface area contributed by atoms with Gasteiger partial charge in [0.15, 0.2) is 0 Å². The van der Waals surface area contributed by atoms with Crippen LogP contribution in [0.1, 0.15) is 19.3 Å². The Kier molecular flexibility index (Phi) is 4.24. The van der Waals surface area contributed by atoms with Gasteiger partial charge in [0.05, 0.1) is 13.3 Å². The van der Waals surface area contributed by atoms with Crippen molar-refractivity contribution in [3.05, 3.63) is 36.5 Å². The van der Waals surface area contributed by atoms with E-state index in [1.807, 2.05) is 36.5 Å². The Bertz CT molecular complexity index is 843. The molecule has 8 heteroatoms. The summed E-state index contributed by atoms with van der Waals surface area (Å²) in [6, 6.07) is 10.2. The first-order valence-corrected chi connectivity index (χ1v) is 8.36. The summed E-state index contributed by atoms with van der Waals surface area (Å²) in [7, 11) is 1.55. The van der Waals surface area contributed by atoms with E-state index in [4.69, 9.17) is 4.74 Å². The molecule has 0 amide bonds. The average Bonchev–Trinajstić information content (AvgIpc) is 3.19. The van der Waals surface area contributed by atoms with Crippen molar-refractivity contribution in [3.63, 3.8) is 0 Å². The number of hydrogen-bond donors (Lipinski definition) is 0. The summed E-state index contributed by atoms with van der Waals surface area (Å²) < 4.78 is 6.80. The molecular weight excluding hydrogens is 318 g/mol. The first kappa shape index (κ1) is 15.5. The number of aromatic nitrogens is 6. The van der Waals surface area contributed by atoms with Crippen LogP contribution in [0.4, 0.5) is 5.95 Å². The van der Waals surface area contributed by atoms with E-state index in [2.05, 4.69) is 30.2 Å². The lowest BCUT2D eigenvalue weighted by molar-refractivity contribution is 0.375. The van der Waals surface area contributed by atoms with E-state index in [0.29, 0.717) is 11.9 Å². The van der Waals surface area contributed by atoms with E-state index in [-0.39, 0.29) is 6.01 Å². The molecule has 0 saturated carbocycles. The van der Waals surface area contributed by atoms with Crippen LogP contribution in [-0.4, -0.2) is 50.1 Å². The zero-order valence-corrected chi connectivity index (χ0v) is 14.0. The Morgan fingerprint density at radius 2 is 1.68 bits per heavy atom. The maximum atomic E-state index is 5.25. The Morgan fingerprint density at radius 1 is 0.920 bits per heavy atom. The Morgan fingerprint density at radius 3 is 2.44 bits per heavy atom. The molecule has 3 aromatic rings. The topological polar surface area (TPSA) is 81.9 Å². The number of rotatable bonds is 4. The van der Waals surface area contributed by atoms with Crippen LogP contribution >= 0.6 is 0 Å². The summed E-state index contributed by atoms with van der Waals surface area (Å²) in [6.45, 7) is 1.89. The predicted molar refractivity (Wildman–Crippen MR) is 92.8 cm³/mol. The number of nitrogens with zero attached hydrogens (tertiary/aromatic N) is 7. The second kappa shape index (κ2) is 6.84. The fraction of sp³-hybridized carbons (Fsp3) is 0.353. The van der Waals surface area contributed by atoms with Crippen LogP contribution in [0, 0.1) is 0 Å². The molecule has 0 N–H and O–H groups in total. The molecule has 2 aromatic heterocycles. The number of piperidine rings is 1. The predicted octanol–water partition coefficient (Wildman–Crippen LogP) is 2.12. The van der Waals surface area contributed by atoms with Crippen molar-refractivity contribution >= 4 is 5.95 Å². The van der Waals surface area contributed by atoms with Gasteiger partial charge in [-0.3, -0.25) is 0 Å². The summed E-state index contributed by atoms with van der Waals surface area (Å²) >= 11 is 0. The Balaban J connectivity index is 1.69. The van der Waals surface area contributed by atoms with E-state index >= 15 is 0 Å². The second-order valence-electron chi connectivity index (χ2n) is 5.88. The van der Waals surface area contributed by atoms with Gasteiger partial charge in [-0.15, -0.1) is 5.10 Å². The van der Waals surface area contributed by atoms with Crippen LogP contribution in [0.3, 0.4) is 0 Å². The monoisotopic (exact) mass is 337 g/mol. The summed E-state index contributed by atoms with van der Waals surface area (Å²) in [5.74, 6) is 1.03. The van der Waals surface area contributed by atoms with Gasteiger partial charge in [-0.1, -0.05) is 35.5 Å². The molecule has 0 spiro atoms. The second-order valence-corrected chi connectivity index (χ2v) is 5.88. The molecule has 1 fully saturated rings. The molecule has 1 aliphatic rings. The van der Waals surface area contributed by atoms with E-state index in [0.717, 1.165) is 37.2 Å². The summed E-state index contributed by atoms with van der Waals surface area (Å²) in [6.07, 6.45) is 5.34. The molecule has 1 saturated heterocycles. The van der Waals surface area contributed by atoms with Crippen molar-refractivity contribution in [3.8, 4) is 23.2 Å². The van der Waals surface area contributed by atoms with E-state index in [1.54, 1.807) is 11.8 Å². The minimum Gasteiger partial charge on any atom is -0.467 e. The first-order valence-electron chi connectivity index (χ1n) is 8.36. The number of anilines is 1. The fourth-order valence-electron chi connectivity index (χ4n) is 2.87. The van der Waals surface area contributed by atoms with Crippen molar-refractivity contribution < 1.29 is 4.74 Å². The maximum absolute atomic E-state index is 5.25. The maximum Gasteiger partial charge on any atom is 0.322 e. The van der Waals surface area contributed by atoms with Gasteiger partial charge < -0.3 is 9.64 Å². The third-order valence-corrected chi connectivity index (χ3v) is 4.18. The van der Waals surface area contributed by atoms with Crippen molar-refractivity contribution in [2.75, 3.05) is 25.1 Å². The van der Waals surface area contributed by atoms with Crippen molar-refractivity contribution in [2.45, 2.75) is 19.3 Å². The third kappa shape index (κ3) is 3.28. The van der Waals surface area contributed by atoms with Crippen molar-refractivity contribution in [2.24, 2.45) is 0 Å². The molecule has 3 heterocycles. The van der Waals surface area contributed by atoms with Gasteiger partial charge in [-0.25, -0.2) is 0 Å². The highest BCUT2D eigenvalue weighted by molar-refractivity contribution is 5.57. The largest absolute Gasteiger partial charge is 0.467 e. The fourth-order valence-corrected chi connectivity index (χ4v) is 2.87. The lowest BCUT2D eigenvalue weighted by atomic mass is 10.1. The zero-order valence-electron chi connectivity index (χ0n) is 14.0. The summed E-state index contributed by atoms with van der Waals surface area (Å²) in [5.41, 5.74) is 1.76. The normalized spacial score (nSPS) is 14.5. The lowest BCUT2D eigenvalue weighted by Crippen LogP contribution is -2.31. The van der Waals surface area contributed by atoms with Gasteiger partial charge in [0.2, 0.25) is 5.95 Å². The Labute approximate surface area is 145 Å². The van der Waals surface area contributed by atoms with Crippen molar-refractivity contribution in [1.82, 2.24) is 29.9 Å². The van der Waals surface area contributed by atoms with E-state index in [9.17, 15) is 0 Å². The standard InChI is InChI=1S/C17H19N7O/c1-25-17-19-15(23-10-6-3-7-11-23)18-16(20-17)24-12-14(21-22-24)13-8-4-2-5-9-13/h2,4-5,8-9,12H,3,6-7,10-11H2,1H3. The summed E-state index contributed by atoms with van der Waals surface area (Å²) in [4.78, 5) is 15.4. The minimum atomic E-state index is 0.280. The first-order chi connectivity index (χ1) is 12.3. The smallest absolute Gasteiger partial charge is 0.322 e. The molecule has 128 valence electrons. The molecule has 0 radical (unpaired) electrons. The van der Waals surface area contributed by atoms with Gasteiger partial charge in [0.1, 0.15) is 5.69 Å². The van der Waals surface area contributed by atoms with E-state index in [1.165, 1.54) is 6.42 Å². The van der Waals surface area contributed by atoms with Gasteiger partial charge in [-0.05, 0) is 19.3 Å². The molecule has 25 heavy (non-hydrogen) atoms. The third-order valence-electron chi connectivity index (χ3n) is 4.18. The Hall–Kier alpha value is -3.03. The number of methoxy groups -OCH3 is 1. The van der Waals surface area contributed by atoms with Crippen LogP contribution in [0.5, 0.6) is 6.01 Å². The molecule has 1 aliphatic heterocycles. The molecule has 0 aliphatic carbocycles. The van der Waals surface area contributed by atoms with Gasteiger partial charge >= 0.3 is 6.01 Å². The minimum absolute atomic E-state index is 0.280. The highest BCUT2D eigenvalue weighted by atomic mass is 16.5. The van der Waals surface area contributed by atoms with E-state index < -0.39 is 0 Å². The zero-order chi connectivity index (χ0) is 17.1. The average molecular weight is 337 g/mol. The molecule has 0 unspecified atom stereocenters. The van der Waals surface area contributed by atoms with Crippen LogP contribution < -0.4 is 9.64 Å². The molecule has 1 aromatic carbocycles. The van der Waals surface area contributed by atoms with Crippen LogP contribution in [0.15, 0.2) is 36.5 Å². The molecular formula is C17H19N7O. The van der Waals surface area contributed by atoms with Gasteiger partial charge in [0.25, 0.3) is 5.95 Å². The SMILES string of the molecule is COc1nc(N2CCCCC2)nc(-n2cc(-c3ccccc3)nn2)n1. The molecule has 0 atom stereocenters. The number of hydrogen-bond acceptors (Lipinski definition) is 7. The number of ether oxygens (including phenoxy) is 1. The number of benzene rings is 1. The highest BCUT2D eigenvalue weighted by Crippen LogP contribution is 2.20. The molecule has 4 rings (SSSR count).